The van der Waals surface area contributed by atoms with Crippen LogP contribution in [0.3, 0.4) is 0 Å². The largest absolute Gasteiger partial charge is 0.286 e. The molecule has 0 aliphatic rings. The molecule has 0 rings (SSSR count). The van der Waals surface area contributed by atoms with Crippen LogP contribution >= 0.6 is 31.9 Å². The van der Waals surface area contributed by atoms with E-state index in [0.29, 0.717) is 5.33 Å². The molecule has 0 bridgehead atoms. The molecule has 0 N–H and O–H groups in total. The molecule has 0 atom stereocenters. The van der Waals surface area contributed by atoms with Crippen LogP contribution < -0.4 is 0 Å². The van der Waals surface area contributed by atoms with Crippen LogP contribution in [0, 0.1) is 11.3 Å². The van der Waals surface area contributed by atoms with E-state index >= 15 is 0 Å². The number of alkyl halides is 1. The molecule has 0 aromatic heterocycles. The Hall–Kier alpha value is 0.120. The van der Waals surface area contributed by atoms with Gasteiger partial charge in [-0.2, -0.15) is 5.26 Å². The van der Waals surface area contributed by atoms with Crippen LogP contribution in [0.2, 0.25) is 0 Å². The third kappa shape index (κ3) is 35.7. The molecule has 0 unspecified atom stereocenters. The van der Waals surface area contributed by atoms with E-state index < -0.39 is 0 Å². The Morgan fingerprint density at radius 2 is 2.00 bits per heavy atom. The molecule has 0 saturated heterocycles. The average Bonchev–Trinajstić information content (AvgIpc) is 1.69. The molecule has 0 aliphatic heterocycles. The minimum Gasteiger partial charge on any atom is -0.286 e. The highest BCUT2D eigenvalue weighted by atomic mass is 79.9. The number of hydrogen-bond acceptors (Lipinski definition) is 2. The van der Waals surface area contributed by atoms with E-state index in [0.717, 1.165) is 0 Å². The van der Waals surface area contributed by atoms with E-state index in [2.05, 4.69) is 31.9 Å². The summed E-state index contributed by atoms with van der Waals surface area (Å²) in [5.41, 5.74) is 0. The first-order chi connectivity index (χ1) is 3.68. The SMILES string of the molecule is CC#N.O=C(Br)CBr. The third-order valence-electron chi connectivity index (χ3n) is 0.105. The van der Waals surface area contributed by atoms with Crippen molar-refractivity contribution in [3.63, 3.8) is 0 Å². The van der Waals surface area contributed by atoms with Gasteiger partial charge >= 0.3 is 0 Å². The Morgan fingerprint density at radius 1 is 1.88 bits per heavy atom. The summed E-state index contributed by atoms with van der Waals surface area (Å²) in [7, 11) is 0. The molecule has 0 aromatic rings. The van der Waals surface area contributed by atoms with Crippen LogP contribution in [0.5, 0.6) is 0 Å². The molecule has 0 amide bonds. The summed E-state index contributed by atoms with van der Waals surface area (Å²) in [5, 5.41) is 7.72. The number of halogens is 2. The van der Waals surface area contributed by atoms with E-state index in [4.69, 9.17) is 5.26 Å². The van der Waals surface area contributed by atoms with Crippen LogP contribution in [0.25, 0.3) is 0 Å². The Morgan fingerprint density at radius 3 is 2.00 bits per heavy atom. The highest BCUT2D eigenvalue weighted by Crippen LogP contribution is 1.87. The van der Waals surface area contributed by atoms with Crippen molar-refractivity contribution in [2.24, 2.45) is 0 Å². The van der Waals surface area contributed by atoms with E-state index in [1.54, 1.807) is 6.07 Å². The normalized spacial score (nSPS) is 5.75. The molecule has 2 nitrogen and oxygen atoms in total. The predicted octanol–water partition coefficient (Wildman–Crippen LogP) is 1.83. The second-order valence-electron chi connectivity index (χ2n) is 0.712. The molecule has 0 saturated carbocycles. The van der Waals surface area contributed by atoms with Crippen LogP contribution in [-0.2, 0) is 4.79 Å². The van der Waals surface area contributed by atoms with Gasteiger partial charge in [0.2, 0.25) is 4.69 Å². The molecule has 0 spiro atoms. The first-order valence-electron chi connectivity index (χ1n) is 1.74. The van der Waals surface area contributed by atoms with Gasteiger partial charge in [0.1, 0.15) is 0 Å². The predicted molar refractivity (Wildman–Crippen MR) is 39.0 cm³/mol. The van der Waals surface area contributed by atoms with Crippen LogP contribution in [0.15, 0.2) is 0 Å². The molecule has 4 heteroatoms. The third-order valence-corrected chi connectivity index (χ3v) is 1.65. The lowest BCUT2D eigenvalue weighted by molar-refractivity contribution is -0.108. The van der Waals surface area contributed by atoms with Crippen molar-refractivity contribution in [1.82, 2.24) is 0 Å². The summed E-state index contributed by atoms with van der Waals surface area (Å²) in [6, 6.07) is 1.75. The number of carbonyl (C=O) groups is 1. The maximum absolute atomic E-state index is 9.68. The first kappa shape index (κ1) is 11.0. The van der Waals surface area contributed by atoms with Crippen molar-refractivity contribution >= 4 is 36.6 Å². The minimum atomic E-state index is -0.0162. The van der Waals surface area contributed by atoms with E-state index in [1.165, 1.54) is 6.92 Å². The molecular formula is C4H5Br2NO. The van der Waals surface area contributed by atoms with Gasteiger partial charge in [0.05, 0.1) is 11.4 Å². The fourth-order valence-electron chi connectivity index (χ4n) is 0. The average molecular weight is 243 g/mol. The van der Waals surface area contributed by atoms with Crippen molar-refractivity contribution in [3.8, 4) is 6.07 Å². The minimum absolute atomic E-state index is 0.0162. The Labute approximate surface area is 65.1 Å². The maximum atomic E-state index is 9.68. The van der Waals surface area contributed by atoms with Gasteiger partial charge in [-0.25, -0.2) is 0 Å². The van der Waals surface area contributed by atoms with Gasteiger partial charge in [-0.1, -0.05) is 15.9 Å². The number of hydrogen-bond donors (Lipinski definition) is 0. The molecular weight excluding hydrogens is 238 g/mol. The second kappa shape index (κ2) is 10.2. The van der Waals surface area contributed by atoms with Gasteiger partial charge < -0.3 is 0 Å². The zero-order valence-corrected chi connectivity index (χ0v) is 7.49. The van der Waals surface area contributed by atoms with Crippen molar-refractivity contribution in [2.45, 2.75) is 6.92 Å². The van der Waals surface area contributed by atoms with Crippen molar-refractivity contribution < 1.29 is 4.79 Å². The lowest BCUT2D eigenvalue weighted by atomic mass is 10.9. The Bertz CT molecular complexity index is 96.7. The maximum Gasteiger partial charge on any atom is 0.208 e. The molecule has 0 heterocycles. The molecule has 46 valence electrons. The quantitative estimate of drug-likeness (QED) is 0.520. The smallest absolute Gasteiger partial charge is 0.208 e. The van der Waals surface area contributed by atoms with Gasteiger partial charge in [-0.05, 0) is 15.9 Å². The van der Waals surface area contributed by atoms with Gasteiger partial charge in [0.15, 0.2) is 0 Å². The zero-order chi connectivity index (χ0) is 6.99. The zero-order valence-electron chi connectivity index (χ0n) is 4.32. The standard InChI is InChI=1S/C2H2Br2O.C2H3N/c3-1-2(4)5;1-2-3/h1H2;1H3. The number of nitriles is 1. The summed E-state index contributed by atoms with van der Waals surface area (Å²) in [5.74, 6) is 0. The highest BCUT2D eigenvalue weighted by molar-refractivity contribution is 9.19. The topological polar surface area (TPSA) is 40.9 Å². The monoisotopic (exact) mass is 241 g/mol. The second-order valence-corrected chi connectivity index (χ2v) is 2.16. The van der Waals surface area contributed by atoms with Crippen LogP contribution in [-0.4, -0.2) is 10.0 Å². The molecule has 0 fully saturated rings. The lowest BCUT2D eigenvalue weighted by Gasteiger charge is -1.66. The van der Waals surface area contributed by atoms with E-state index in [9.17, 15) is 4.79 Å². The summed E-state index contributed by atoms with van der Waals surface area (Å²) in [6.07, 6.45) is 0. The Balaban J connectivity index is 0. The highest BCUT2D eigenvalue weighted by Gasteiger charge is 1.82. The fraction of sp³-hybridized carbons (Fsp3) is 0.500. The van der Waals surface area contributed by atoms with Crippen molar-refractivity contribution in [1.29, 1.82) is 5.26 Å². The molecule has 8 heavy (non-hydrogen) atoms. The molecule has 0 aromatic carbocycles. The van der Waals surface area contributed by atoms with Crippen molar-refractivity contribution in [2.75, 3.05) is 5.33 Å². The van der Waals surface area contributed by atoms with Crippen LogP contribution in [0.4, 0.5) is 0 Å². The number of nitrogens with zero attached hydrogens (tertiary/aromatic N) is 1. The Kier molecular flexibility index (Phi) is 14.0. The molecule has 0 aliphatic carbocycles. The summed E-state index contributed by atoms with van der Waals surface area (Å²) in [4.78, 5) is 9.68. The van der Waals surface area contributed by atoms with Gasteiger partial charge in [0.25, 0.3) is 0 Å². The molecule has 0 radical (unpaired) electrons. The van der Waals surface area contributed by atoms with Crippen LogP contribution in [0.1, 0.15) is 6.92 Å². The number of rotatable bonds is 1. The summed E-state index contributed by atoms with van der Waals surface area (Å²) < 4.78 is -0.0162. The fourth-order valence-corrected chi connectivity index (χ4v) is 0. The van der Waals surface area contributed by atoms with Gasteiger partial charge in [0, 0.05) is 6.92 Å². The summed E-state index contributed by atoms with van der Waals surface area (Å²) >= 11 is 5.60. The van der Waals surface area contributed by atoms with E-state index in [-0.39, 0.29) is 4.69 Å². The first-order valence-corrected chi connectivity index (χ1v) is 3.65. The van der Waals surface area contributed by atoms with Gasteiger partial charge in [-0.3, -0.25) is 4.79 Å². The van der Waals surface area contributed by atoms with Crippen molar-refractivity contribution in [3.05, 3.63) is 0 Å². The number of carbonyl (C=O) groups excluding carboxylic acids is 1. The summed E-state index contributed by atoms with van der Waals surface area (Å²) in [6.45, 7) is 1.43. The lowest BCUT2D eigenvalue weighted by Crippen LogP contribution is -1.79. The van der Waals surface area contributed by atoms with Gasteiger partial charge in [-0.15, -0.1) is 0 Å². The van der Waals surface area contributed by atoms with E-state index in [1.807, 2.05) is 0 Å².